The summed E-state index contributed by atoms with van der Waals surface area (Å²) < 4.78 is 1.82. The van der Waals surface area contributed by atoms with Crippen molar-refractivity contribution in [3.8, 4) is 11.8 Å². The average Bonchev–Trinajstić information content (AvgIpc) is 3.29. The Bertz CT molecular complexity index is 1380. The quantitative estimate of drug-likeness (QED) is 0.196. The van der Waals surface area contributed by atoms with Crippen LogP contribution in [0.3, 0.4) is 0 Å². The summed E-state index contributed by atoms with van der Waals surface area (Å²) in [5.41, 5.74) is 2.56. The summed E-state index contributed by atoms with van der Waals surface area (Å²) in [6, 6.07) is 5.38. The minimum atomic E-state index is -0.568. The Labute approximate surface area is 229 Å². The molecule has 0 bridgehead atoms. The van der Waals surface area contributed by atoms with Gasteiger partial charge in [-0.2, -0.15) is 10.1 Å². The molecule has 0 unspecified atom stereocenters. The van der Waals surface area contributed by atoms with Crippen LogP contribution in [0.5, 0.6) is 0 Å². The molecule has 0 aliphatic rings. The summed E-state index contributed by atoms with van der Waals surface area (Å²) in [7, 11) is 9.16. The zero-order valence-corrected chi connectivity index (χ0v) is 23.4. The Kier molecular flexibility index (Phi) is 10.4. The summed E-state index contributed by atoms with van der Waals surface area (Å²) in [6.07, 6.45) is 8.04. The molecule has 3 N–H and O–H groups in total. The highest BCUT2D eigenvalue weighted by atomic mass is 16.2. The van der Waals surface area contributed by atoms with Crippen molar-refractivity contribution in [3.63, 3.8) is 0 Å². The molecule has 0 aliphatic carbocycles. The average molecular weight is 532 g/mol. The van der Waals surface area contributed by atoms with Crippen molar-refractivity contribution in [3.05, 3.63) is 48.3 Å². The zero-order chi connectivity index (χ0) is 28.4. The largest absolute Gasteiger partial charge is 0.372 e. The standard InChI is InChI=1S/C28H37N9O2/c1-20(36(5)25(38)12-10-16-35(3)4)27(39)30-15-9-7-8-11-22-18-31-28(34-26(22)29-2)33-23-14-13-21-19-32-37(6)24(21)17-23/h10,12-14,17-20H,7,9,15-16H2,1-6H3,(H,30,39)(H2,29,31,33,34)/b12-10+/t20-/m0/s1. The molecule has 2 amide bonds. The van der Waals surface area contributed by atoms with Gasteiger partial charge in [-0.25, -0.2) is 4.98 Å². The molecular formula is C28H37N9O2. The number of carbonyl (C=O) groups excluding carboxylic acids is 2. The van der Waals surface area contributed by atoms with Crippen molar-refractivity contribution < 1.29 is 9.59 Å². The predicted molar refractivity (Wildman–Crippen MR) is 155 cm³/mol. The number of anilines is 3. The van der Waals surface area contributed by atoms with Crippen LogP contribution in [0, 0.1) is 11.8 Å². The molecule has 2 heterocycles. The van der Waals surface area contributed by atoms with Gasteiger partial charge in [0.1, 0.15) is 11.9 Å². The number of nitrogens with zero attached hydrogens (tertiary/aromatic N) is 6. The zero-order valence-electron chi connectivity index (χ0n) is 23.4. The Morgan fingerprint density at radius 3 is 2.74 bits per heavy atom. The summed E-state index contributed by atoms with van der Waals surface area (Å²) >= 11 is 0. The van der Waals surface area contributed by atoms with E-state index in [0.717, 1.165) is 16.6 Å². The SMILES string of the molecule is CNc1nc(Nc2ccc3cnn(C)c3c2)ncc1C#CCCCNC(=O)[C@H](C)N(C)C(=O)/C=C/CN(C)C. The Balaban J connectivity index is 1.47. The molecule has 39 heavy (non-hydrogen) atoms. The molecule has 206 valence electrons. The monoisotopic (exact) mass is 531 g/mol. The van der Waals surface area contributed by atoms with Gasteiger partial charge in [-0.3, -0.25) is 14.3 Å². The van der Waals surface area contributed by atoms with Crippen LogP contribution in [-0.2, 0) is 16.6 Å². The number of amides is 2. The maximum atomic E-state index is 12.4. The lowest BCUT2D eigenvalue weighted by molar-refractivity contribution is -0.135. The Morgan fingerprint density at radius 2 is 2.00 bits per heavy atom. The summed E-state index contributed by atoms with van der Waals surface area (Å²) in [5, 5.41) is 14.5. The van der Waals surface area contributed by atoms with Crippen LogP contribution in [0.15, 0.2) is 42.7 Å². The molecule has 0 radical (unpaired) electrons. The van der Waals surface area contributed by atoms with Crippen LogP contribution in [0.25, 0.3) is 10.9 Å². The van der Waals surface area contributed by atoms with E-state index in [-0.39, 0.29) is 11.8 Å². The third-order valence-electron chi connectivity index (χ3n) is 6.07. The maximum absolute atomic E-state index is 12.4. The smallest absolute Gasteiger partial charge is 0.246 e. The highest BCUT2D eigenvalue weighted by molar-refractivity contribution is 5.92. The first kappa shape index (κ1) is 29.1. The van der Waals surface area contributed by atoms with Gasteiger partial charge in [0, 0.05) is 57.8 Å². The van der Waals surface area contributed by atoms with Crippen molar-refractivity contribution in [1.82, 2.24) is 34.9 Å². The van der Waals surface area contributed by atoms with Gasteiger partial charge in [0.2, 0.25) is 17.8 Å². The van der Waals surface area contributed by atoms with Crippen LogP contribution in [0.4, 0.5) is 17.5 Å². The van der Waals surface area contributed by atoms with Crippen molar-refractivity contribution in [2.45, 2.75) is 25.8 Å². The molecule has 0 spiro atoms. The molecule has 0 saturated carbocycles. The minimum Gasteiger partial charge on any atom is -0.372 e. The summed E-state index contributed by atoms with van der Waals surface area (Å²) in [5.74, 6) is 6.89. The number of fused-ring (bicyclic) bond motifs is 1. The predicted octanol–water partition coefficient (Wildman–Crippen LogP) is 2.36. The molecule has 0 aliphatic heterocycles. The number of hydrogen-bond donors (Lipinski definition) is 3. The van der Waals surface area contributed by atoms with Gasteiger partial charge in [-0.05, 0) is 45.6 Å². The molecular weight excluding hydrogens is 494 g/mol. The van der Waals surface area contributed by atoms with E-state index in [4.69, 9.17) is 0 Å². The van der Waals surface area contributed by atoms with E-state index in [0.29, 0.717) is 43.3 Å². The van der Waals surface area contributed by atoms with Crippen molar-refractivity contribution in [1.29, 1.82) is 0 Å². The van der Waals surface area contributed by atoms with Gasteiger partial charge in [-0.15, -0.1) is 0 Å². The van der Waals surface area contributed by atoms with Gasteiger partial charge < -0.3 is 25.8 Å². The lowest BCUT2D eigenvalue weighted by atomic mass is 10.2. The van der Waals surface area contributed by atoms with E-state index in [1.54, 1.807) is 33.3 Å². The fourth-order valence-corrected chi connectivity index (χ4v) is 3.62. The molecule has 0 saturated heterocycles. The number of aromatic nitrogens is 4. The van der Waals surface area contributed by atoms with E-state index in [1.807, 2.05) is 55.1 Å². The topological polar surface area (TPSA) is 120 Å². The number of rotatable bonds is 11. The molecule has 3 aromatic rings. The fraction of sp³-hybridized carbons (Fsp3) is 0.393. The summed E-state index contributed by atoms with van der Waals surface area (Å²) in [6.45, 7) is 2.84. The maximum Gasteiger partial charge on any atom is 0.246 e. The number of benzene rings is 1. The van der Waals surface area contributed by atoms with E-state index < -0.39 is 6.04 Å². The number of unbranched alkanes of at least 4 members (excludes halogenated alkanes) is 1. The first-order valence-corrected chi connectivity index (χ1v) is 12.8. The lowest BCUT2D eigenvalue weighted by Gasteiger charge is -2.23. The van der Waals surface area contributed by atoms with Gasteiger partial charge in [0.15, 0.2) is 0 Å². The van der Waals surface area contributed by atoms with Crippen LogP contribution in [0.1, 0.15) is 25.3 Å². The second kappa shape index (κ2) is 13.9. The highest BCUT2D eigenvalue weighted by Gasteiger charge is 2.20. The van der Waals surface area contributed by atoms with Crippen LogP contribution >= 0.6 is 0 Å². The first-order chi connectivity index (χ1) is 18.7. The first-order valence-electron chi connectivity index (χ1n) is 12.8. The van der Waals surface area contributed by atoms with E-state index >= 15 is 0 Å². The van der Waals surface area contributed by atoms with Gasteiger partial charge in [0.05, 0.1) is 23.5 Å². The third kappa shape index (κ3) is 8.28. The number of likely N-dealkylation sites (N-methyl/N-ethyl adjacent to an activating group) is 2. The van der Waals surface area contributed by atoms with Crippen molar-refractivity contribution in [2.24, 2.45) is 7.05 Å². The number of aryl methyl sites for hydroxylation is 1. The molecule has 11 heteroatoms. The van der Waals surface area contributed by atoms with E-state index in [2.05, 4.69) is 42.9 Å². The molecule has 2 aromatic heterocycles. The van der Waals surface area contributed by atoms with Gasteiger partial charge >= 0.3 is 0 Å². The molecule has 1 aromatic carbocycles. The molecule has 11 nitrogen and oxygen atoms in total. The molecule has 1 atom stereocenters. The molecule has 0 fully saturated rings. The summed E-state index contributed by atoms with van der Waals surface area (Å²) in [4.78, 5) is 37.0. The van der Waals surface area contributed by atoms with Crippen LogP contribution < -0.4 is 16.0 Å². The highest BCUT2D eigenvalue weighted by Crippen LogP contribution is 2.21. The third-order valence-corrected chi connectivity index (χ3v) is 6.07. The second-order valence-corrected chi connectivity index (χ2v) is 9.36. The fourth-order valence-electron chi connectivity index (χ4n) is 3.62. The van der Waals surface area contributed by atoms with Crippen LogP contribution in [-0.4, -0.2) is 88.7 Å². The molecule has 3 rings (SSSR count). The van der Waals surface area contributed by atoms with E-state index in [1.165, 1.54) is 11.0 Å². The minimum absolute atomic E-state index is 0.198. The Morgan fingerprint density at radius 1 is 1.21 bits per heavy atom. The number of hydrogen-bond acceptors (Lipinski definition) is 8. The van der Waals surface area contributed by atoms with Crippen molar-refractivity contribution >= 4 is 40.2 Å². The number of carbonyl (C=O) groups is 2. The normalized spacial score (nSPS) is 11.8. The Hall–Kier alpha value is -4.43. The van der Waals surface area contributed by atoms with Crippen LogP contribution in [0.2, 0.25) is 0 Å². The van der Waals surface area contributed by atoms with E-state index in [9.17, 15) is 9.59 Å². The van der Waals surface area contributed by atoms with Gasteiger partial charge in [0.25, 0.3) is 0 Å². The van der Waals surface area contributed by atoms with Crippen molar-refractivity contribution in [2.75, 3.05) is 51.9 Å². The van der Waals surface area contributed by atoms with Gasteiger partial charge in [-0.1, -0.05) is 17.9 Å². The lowest BCUT2D eigenvalue weighted by Crippen LogP contribution is -2.45. The number of nitrogens with one attached hydrogen (secondary N) is 3. The second-order valence-electron chi connectivity index (χ2n) is 9.36.